The van der Waals surface area contributed by atoms with Crippen molar-refractivity contribution in [3.63, 3.8) is 0 Å². The van der Waals surface area contributed by atoms with E-state index < -0.39 is 0 Å². The van der Waals surface area contributed by atoms with E-state index in [2.05, 4.69) is 27.4 Å². The standard InChI is InChI=1S/C21H32N4O2/c1-2-24-12-8-18(9-13-24)22-20(26)16-25-14-10-19(11-15-25)23-21(27)17-6-4-3-5-7-17/h3-7,18-19H,2,8-16H2,1H3,(H,22,26)(H,23,27). The first-order chi connectivity index (χ1) is 13.1. The van der Waals surface area contributed by atoms with Gasteiger partial charge in [0, 0.05) is 43.8 Å². The number of piperidine rings is 2. The minimum Gasteiger partial charge on any atom is -0.352 e. The van der Waals surface area contributed by atoms with Gasteiger partial charge in [-0.25, -0.2) is 0 Å². The van der Waals surface area contributed by atoms with Gasteiger partial charge in [-0.3, -0.25) is 14.5 Å². The number of nitrogens with zero attached hydrogens (tertiary/aromatic N) is 2. The summed E-state index contributed by atoms with van der Waals surface area (Å²) in [6, 6.07) is 9.84. The van der Waals surface area contributed by atoms with Gasteiger partial charge < -0.3 is 15.5 Å². The molecular formula is C21H32N4O2. The Kier molecular flexibility index (Phi) is 7.24. The van der Waals surface area contributed by atoms with Crippen LogP contribution in [-0.2, 0) is 4.79 Å². The third kappa shape index (κ3) is 6.04. The van der Waals surface area contributed by atoms with Crippen LogP contribution in [0.5, 0.6) is 0 Å². The van der Waals surface area contributed by atoms with E-state index >= 15 is 0 Å². The second-order valence-corrected chi connectivity index (χ2v) is 7.67. The summed E-state index contributed by atoms with van der Waals surface area (Å²) in [7, 11) is 0. The quantitative estimate of drug-likeness (QED) is 0.794. The van der Waals surface area contributed by atoms with Gasteiger partial charge in [0.15, 0.2) is 0 Å². The number of hydrogen-bond acceptors (Lipinski definition) is 4. The Balaban J connectivity index is 1.34. The molecule has 27 heavy (non-hydrogen) atoms. The molecule has 0 radical (unpaired) electrons. The van der Waals surface area contributed by atoms with Crippen LogP contribution >= 0.6 is 0 Å². The average molecular weight is 373 g/mol. The minimum atomic E-state index is -0.00906. The Labute approximate surface area is 162 Å². The highest BCUT2D eigenvalue weighted by atomic mass is 16.2. The predicted octanol–water partition coefficient (Wildman–Crippen LogP) is 1.48. The highest BCUT2D eigenvalue weighted by Crippen LogP contribution is 2.12. The highest BCUT2D eigenvalue weighted by molar-refractivity contribution is 5.94. The molecule has 2 N–H and O–H groups in total. The van der Waals surface area contributed by atoms with Gasteiger partial charge in [0.1, 0.15) is 0 Å². The maximum atomic E-state index is 12.3. The van der Waals surface area contributed by atoms with E-state index in [9.17, 15) is 9.59 Å². The van der Waals surface area contributed by atoms with Crippen LogP contribution in [0.15, 0.2) is 30.3 Å². The summed E-state index contributed by atoms with van der Waals surface area (Å²) in [5, 5.41) is 6.31. The Morgan fingerprint density at radius 3 is 2.04 bits per heavy atom. The summed E-state index contributed by atoms with van der Waals surface area (Å²) in [6.07, 6.45) is 3.88. The summed E-state index contributed by atoms with van der Waals surface area (Å²) in [6.45, 7) is 7.60. The maximum absolute atomic E-state index is 12.3. The Hall–Kier alpha value is -1.92. The molecule has 0 saturated carbocycles. The van der Waals surface area contributed by atoms with Crippen molar-refractivity contribution in [3.05, 3.63) is 35.9 Å². The Bertz CT molecular complexity index is 606. The van der Waals surface area contributed by atoms with Gasteiger partial charge in [-0.2, -0.15) is 0 Å². The van der Waals surface area contributed by atoms with Crippen molar-refractivity contribution in [2.24, 2.45) is 0 Å². The van der Waals surface area contributed by atoms with Gasteiger partial charge in [0.05, 0.1) is 6.54 Å². The van der Waals surface area contributed by atoms with E-state index in [0.717, 1.165) is 58.4 Å². The molecule has 2 fully saturated rings. The average Bonchev–Trinajstić information content (AvgIpc) is 2.70. The van der Waals surface area contributed by atoms with Crippen LogP contribution in [0.1, 0.15) is 43.0 Å². The molecule has 1 aromatic carbocycles. The second kappa shape index (κ2) is 9.85. The fourth-order valence-corrected chi connectivity index (χ4v) is 3.96. The summed E-state index contributed by atoms with van der Waals surface area (Å²) >= 11 is 0. The van der Waals surface area contributed by atoms with Crippen molar-refractivity contribution >= 4 is 11.8 Å². The van der Waals surface area contributed by atoms with Crippen molar-refractivity contribution in [1.82, 2.24) is 20.4 Å². The lowest BCUT2D eigenvalue weighted by atomic mass is 10.0. The molecule has 1 aromatic rings. The number of amides is 2. The molecule has 2 saturated heterocycles. The second-order valence-electron chi connectivity index (χ2n) is 7.67. The van der Waals surface area contributed by atoms with E-state index in [0.29, 0.717) is 18.2 Å². The summed E-state index contributed by atoms with van der Waals surface area (Å²) < 4.78 is 0. The first-order valence-corrected chi connectivity index (χ1v) is 10.2. The molecule has 2 amide bonds. The van der Waals surface area contributed by atoms with Gasteiger partial charge in [-0.1, -0.05) is 25.1 Å². The lowest BCUT2D eigenvalue weighted by Gasteiger charge is -2.34. The fraction of sp³-hybridized carbons (Fsp3) is 0.619. The zero-order chi connectivity index (χ0) is 19.1. The predicted molar refractivity (Wildman–Crippen MR) is 107 cm³/mol. The van der Waals surface area contributed by atoms with Gasteiger partial charge in [0.2, 0.25) is 5.91 Å². The van der Waals surface area contributed by atoms with Crippen LogP contribution < -0.4 is 10.6 Å². The molecule has 0 atom stereocenters. The number of benzene rings is 1. The van der Waals surface area contributed by atoms with Crippen molar-refractivity contribution < 1.29 is 9.59 Å². The number of likely N-dealkylation sites (tertiary alicyclic amines) is 2. The van der Waals surface area contributed by atoms with E-state index in [1.807, 2.05) is 30.3 Å². The molecule has 3 rings (SSSR count). The smallest absolute Gasteiger partial charge is 0.251 e. The van der Waals surface area contributed by atoms with Crippen LogP contribution in [0.25, 0.3) is 0 Å². The molecule has 0 bridgehead atoms. The monoisotopic (exact) mass is 372 g/mol. The van der Waals surface area contributed by atoms with Gasteiger partial charge in [0.25, 0.3) is 5.91 Å². The molecule has 148 valence electrons. The Morgan fingerprint density at radius 1 is 0.889 bits per heavy atom. The zero-order valence-corrected chi connectivity index (χ0v) is 16.3. The lowest BCUT2D eigenvalue weighted by Crippen LogP contribution is -2.50. The van der Waals surface area contributed by atoms with Crippen molar-refractivity contribution in [1.29, 1.82) is 0 Å². The van der Waals surface area contributed by atoms with Crippen molar-refractivity contribution in [3.8, 4) is 0 Å². The zero-order valence-electron chi connectivity index (χ0n) is 16.3. The molecule has 0 aromatic heterocycles. The lowest BCUT2D eigenvalue weighted by molar-refractivity contribution is -0.123. The first kappa shape index (κ1) is 19.8. The largest absolute Gasteiger partial charge is 0.352 e. The molecule has 2 aliphatic rings. The van der Waals surface area contributed by atoms with Crippen molar-refractivity contribution in [2.45, 2.75) is 44.7 Å². The third-order valence-electron chi connectivity index (χ3n) is 5.73. The molecule has 2 aliphatic heterocycles. The van der Waals surface area contributed by atoms with Crippen LogP contribution in [0.3, 0.4) is 0 Å². The summed E-state index contributed by atoms with van der Waals surface area (Å²) in [5.74, 6) is 0.127. The molecule has 0 spiro atoms. The highest BCUT2D eigenvalue weighted by Gasteiger charge is 2.24. The minimum absolute atomic E-state index is 0.00906. The fourth-order valence-electron chi connectivity index (χ4n) is 3.96. The first-order valence-electron chi connectivity index (χ1n) is 10.2. The normalized spacial score (nSPS) is 20.3. The van der Waals surface area contributed by atoms with Gasteiger partial charge >= 0.3 is 0 Å². The van der Waals surface area contributed by atoms with E-state index in [4.69, 9.17) is 0 Å². The van der Waals surface area contributed by atoms with E-state index in [1.54, 1.807) is 0 Å². The molecule has 0 aliphatic carbocycles. The van der Waals surface area contributed by atoms with Crippen LogP contribution in [0.4, 0.5) is 0 Å². The van der Waals surface area contributed by atoms with E-state index in [-0.39, 0.29) is 17.9 Å². The molecular weight excluding hydrogens is 340 g/mol. The molecule has 6 nitrogen and oxygen atoms in total. The van der Waals surface area contributed by atoms with Gasteiger partial charge in [-0.05, 0) is 44.4 Å². The molecule has 2 heterocycles. The number of nitrogens with one attached hydrogen (secondary N) is 2. The van der Waals surface area contributed by atoms with Crippen molar-refractivity contribution in [2.75, 3.05) is 39.3 Å². The summed E-state index contributed by atoms with van der Waals surface area (Å²) in [5.41, 5.74) is 0.702. The number of carbonyl (C=O) groups excluding carboxylic acids is 2. The van der Waals surface area contributed by atoms with Crippen LogP contribution in [-0.4, -0.2) is 73.0 Å². The molecule has 0 unspecified atom stereocenters. The van der Waals surface area contributed by atoms with Crippen LogP contribution in [0.2, 0.25) is 0 Å². The maximum Gasteiger partial charge on any atom is 0.251 e. The number of rotatable bonds is 6. The SMILES string of the molecule is CCN1CCC(NC(=O)CN2CCC(NC(=O)c3ccccc3)CC2)CC1. The van der Waals surface area contributed by atoms with E-state index in [1.165, 1.54) is 0 Å². The molecule has 6 heteroatoms. The van der Waals surface area contributed by atoms with Gasteiger partial charge in [-0.15, -0.1) is 0 Å². The third-order valence-corrected chi connectivity index (χ3v) is 5.73. The topological polar surface area (TPSA) is 64.7 Å². The number of carbonyl (C=O) groups is 2. The van der Waals surface area contributed by atoms with Crippen LogP contribution in [0, 0.1) is 0 Å². The Morgan fingerprint density at radius 2 is 1.44 bits per heavy atom. The summed E-state index contributed by atoms with van der Waals surface area (Å²) in [4.78, 5) is 29.2. The number of hydrogen-bond donors (Lipinski definition) is 2.